The molecule has 3 atom stereocenters. The second-order valence-electron chi connectivity index (χ2n) is 5.69. The Bertz CT molecular complexity index is 167. The van der Waals surface area contributed by atoms with Crippen LogP contribution in [0.1, 0.15) is 72.1 Å². The van der Waals surface area contributed by atoms with Gasteiger partial charge < -0.3 is 5.32 Å². The van der Waals surface area contributed by atoms with Crippen molar-refractivity contribution in [3.8, 4) is 0 Å². The third kappa shape index (κ3) is 4.86. The summed E-state index contributed by atoms with van der Waals surface area (Å²) >= 11 is 0. The van der Waals surface area contributed by atoms with Crippen molar-refractivity contribution >= 4 is 0 Å². The summed E-state index contributed by atoms with van der Waals surface area (Å²) in [6.45, 7) is 8.11. The maximum absolute atomic E-state index is 3.70. The van der Waals surface area contributed by atoms with Crippen LogP contribution in [0, 0.1) is 11.8 Å². The second-order valence-corrected chi connectivity index (χ2v) is 5.69. The van der Waals surface area contributed by atoms with Gasteiger partial charge in [-0.3, -0.25) is 0 Å². The average Bonchev–Trinajstić information content (AvgIpc) is 2.28. The smallest absolute Gasteiger partial charge is 0.00954 e. The Morgan fingerprint density at radius 2 is 1.88 bits per heavy atom. The van der Waals surface area contributed by atoms with Gasteiger partial charge in [0.1, 0.15) is 0 Å². The third-order valence-corrected chi connectivity index (χ3v) is 4.14. The Morgan fingerprint density at radius 1 is 1.06 bits per heavy atom. The van der Waals surface area contributed by atoms with Crippen molar-refractivity contribution in [2.24, 2.45) is 11.8 Å². The Balaban J connectivity index is 2.26. The van der Waals surface area contributed by atoms with E-state index in [1.165, 1.54) is 51.4 Å². The van der Waals surface area contributed by atoms with Crippen LogP contribution in [0.2, 0.25) is 0 Å². The molecule has 0 aromatic rings. The Kier molecular flexibility index (Phi) is 7.11. The fourth-order valence-electron chi connectivity index (χ4n) is 3.18. The van der Waals surface area contributed by atoms with E-state index in [4.69, 9.17) is 0 Å². The molecule has 96 valence electrons. The van der Waals surface area contributed by atoms with Crippen LogP contribution in [0.15, 0.2) is 0 Å². The van der Waals surface area contributed by atoms with Crippen LogP contribution < -0.4 is 5.32 Å². The molecular weight excluding hydrogens is 194 g/mol. The van der Waals surface area contributed by atoms with E-state index >= 15 is 0 Å². The first-order valence-electron chi connectivity index (χ1n) is 7.51. The molecule has 0 aromatic carbocycles. The number of hydrogen-bond acceptors (Lipinski definition) is 1. The number of rotatable bonds is 7. The summed E-state index contributed by atoms with van der Waals surface area (Å²) in [7, 11) is 0. The molecule has 1 nitrogen and oxygen atoms in total. The van der Waals surface area contributed by atoms with Crippen LogP contribution in [0.4, 0.5) is 0 Å². The van der Waals surface area contributed by atoms with Crippen molar-refractivity contribution in [2.45, 2.75) is 78.2 Å². The minimum atomic E-state index is 0.822. The highest BCUT2D eigenvalue weighted by atomic mass is 14.9. The van der Waals surface area contributed by atoms with Gasteiger partial charge in [0, 0.05) is 6.04 Å². The highest BCUT2D eigenvalue weighted by Gasteiger charge is 2.27. The maximum Gasteiger partial charge on any atom is 0.00954 e. The molecule has 0 amide bonds. The predicted molar refractivity (Wildman–Crippen MR) is 72.7 cm³/mol. The van der Waals surface area contributed by atoms with Crippen LogP contribution in [-0.4, -0.2) is 12.6 Å². The molecule has 0 aliphatic heterocycles. The normalized spacial score (nSPS) is 30.6. The standard InChI is InChI=1S/C15H31N/c1-4-6-7-8-9-14-12-13(3)10-11-15(14)16-5-2/h13-16H,4-12H2,1-3H3. The summed E-state index contributed by atoms with van der Waals surface area (Å²) in [6, 6.07) is 0.822. The quantitative estimate of drug-likeness (QED) is 0.634. The summed E-state index contributed by atoms with van der Waals surface area (Å²) in [6.07, 6.45) is 11.4. The van der Waals surface area contributed by atoms with Crippen LogP contribution in [-0.2, 0) is 0 Å². The molecule has 3 unspecified atom stereocenters. The molecule has 1 heteroatoms. The minimum Gasteiger partial charge on any atom is -0.314 e. The number of hydrogen-bond donors (Lipinski definition) is 1. The molecule has 0 bridgehead atoms. The molecule has 1 saturated carbocycles. The zero-order valence-electron chi connectivity index (χ0n) is 11.6. The largest absolute Gasteiger partial charge is 0.314 e. The van der Waals surface area contributed by atoms with Crippen LogP contribution in [0.3, 0.4) is 0 Å². The Hall–Kier alpha value is -0.0400. The van der Waals surface area contributed by atoms with Crippen molar-refractivity contribution in [2.75, 3.05) is 6.54 Å². The lowest BCUT2D eigenvalue weighted by atomic mass is 9.76. The summed E-state index contributed by atoms with van der Waals surface area (Å²) in [5.41, 5.74) is 0. The lowest BCUT2D eigenvalue weighted by Crippen LogP contribution is -2.40. The molecule has 0 saturated heterocycles. The summed E-state index contributed by atoms with van der Waals surface area (Å²) < 4.78 is 0. The highest BCUT2D eigenvalue weighted by molar-refractivity contribution is 4.83. The zero-order valence-corrected chi connectivity index (χ0v) is 11.6. The van der Waals surface area contributed by atoms with Gasteiger partial charge in [0.25, 0.3) is 0 Å². The summed E-state index contributed by atoms with van der Waals surface area (Å²) in [5, 5.41) is 3.70. The van der Waals surface area contributed by atoms with E-state index in [-0.39, 0.29) is 0 Å². The van der Waals surface area contributed by atoms with E-state index in [2.05, 4.69) is 26.1 Å². The van der Waals surface area contributed by atoms with Gasteiger partial charge in [-0.25, -0.2) is 0 Å². The van der Waals surface area contributed by atoms with E-state index in [9.17, 15) is 0 Å². The molecule has 1 rings (SSSR count). The Labute approximate surface area is 102 Å². The molecule has 0 radical (unpaired) electrons. The number of unbranched alkanes of at least 4 members (excludes halogenated alkanes) is 3. The van der Waals surface area contributed by atoms with Gasteiger partial charge in [0.15, 0.2) is 0 Å². The van der Waals surface area contributed by atoms with Gasteiger partial charge in [0.2, 0.25) is 0 Å². The third-order valence-electron chi connectivity index (χ3n) is 4.14. The molecule has 1 N–H and O–H groups in total. The van der Waals surface area contributed by atoms with E-state index in [1.807, 2.05) is 0 Å². The van der Waals surface area contributed by atoms with E-state index < -0.39 is 0 Å². The molecule has 16 heavy (non-hydrogen) atoms. The highest BCUT2D eigenvalue weighted by Crippen LogP contribution is 2.32. The van der Waals surface area contributed by atoms with Gasteiger partial charge in [0.05, 0.1) is 0 Å². The topological polar surface area (TPSA) is 12.0 Å². The van der Waals surface area contributed by atoms with Crippen LogP contribution in [0.5, 0.6) is 0 Å². The second kappa shape index (κ2) is 8.11. The number of nitrogens with one attached hydrogen (secondary N) is 1. The molecule has 0 heterocycles. The van der Waals surface area contributed by atoms with Crippen molar-refractivity contribution in [1.82, 2.24) is 5.32 Å². The maximum atomic E-state index is 3.70. The van der Waals surface area contributed by atoms with Crippen molar-refractivity contribution < 1.29 is 0 Å². The molecule has 1 aliphatic rings. The van der Waals surface area contributed by atoms with Crippen molar-refractivity contribution in [3.05, 3.63) is 0 Å². The first kappa shape index (κ1) is 14.0. The SMILES string of the molecule is CCCCCCC1CC(C)CCC1NCC. The molecule has 1 aliphatic carbocycles. The van der Waals surface area contributed by atoms with Crippen molar-refractivity contribution in [3.63, 3.8) is 0 Å². The zero-order chi connectivity index (χ0) is 11.8. The van der Waals surface area contributed by atoms with Crippen molar-refractivity contribution in [1.29, 1.82) is 0 Å². The van der Waals surface area contributed by atoms with Crippen LogP contribution >= 0.6 is 0 Å². The average molecular weight is 225 g/mol. The fraction of sp³-hybridized carbons (Fsp3) is 1.00. The van der Waals surface area contributed by atoms with E-state index in [0.717, 1.165) is 24.4 Å². The molecular formula is C15H31N. The molecule has 0 aromatic heterocycles. The monoisotopic (exact) mass is 225 g/mol. The predicted octanol–water partition coefficient (Wildman–Crippen LogP) is 4.37. The molecule has 1 fully saturated rings. The fourth-order valence-corrected chi connectivity index (χ4v) is 3.18. The summed E-state index contributed by atoms with van der Waals surface area (Å²) in [4.78, 5) is 0. The van der Waals surface area contributed by atoms with Gasteiger partial charge in [-0.1, -0.05) is 46.5 Å². The minimum absolute atomic E-state index is 0.822. The van der Waals surface area contributed by atoms with E-state index in [1.54, 1.807) is 0 Å². The lowest BCUT2D eigenvalue weighted by Gasteiger charge is -2.35. The van der Waals surface area contributed by atoms with Gasteiger partial charge in [-0.2, -0.15) is 0 Å². The summed E-state index contributed by atoms with van der Waals surface area (Å²) in [5.74, 6) is 1.92. The van der Waals surface area contributed by atoms with Crippen LogP contribution in [0.25, 0.3) is 0 Å². The molecule has 0 spiro atoms. The van der Waals surface area contributed by atoms with Gasteiger partial charge in [-0.05, 0) is 44.1 Å². The Morgan fingerprint density at radius 3 is 2.56 bits per heavy atom. The van der Waals surface area contributed by atoms with Gasteiger partial charge in [-0.15, -0.1) is 0 Å². The first-order valence-corrected chi connectivity index (χ1v) is 7.51. The van der Waals surface area contributed by atoms with E-state index in [0.29, 0.717) is 0 Å². The first-order chi connectivity index (χ1) is 7.77. The lowest BCUT2D eigenvalue weighted by molar-refractivity contribution is 0.201. The van der Waals surface area contributed by atoms with Gasteiger partial charge >= 0.3 is 0 Å².